The Labute approximate surface area is 220 Å². The molecule has 0 saturated heterocycles. The van der Waals surface area contributed by atoms with Crippen molar-refractivity contribution in [3.63, 3.8) is 0 Å². The predicted octanol–water partition coefficient (Wildman–Crippen LogP) is 5.66. The maximum absolute atomic E-state index is 5.10. The van der Waals surface area contributed by atoms with Crippen LogP contribution >= 0.6 is 0 Å². The summed E-state index contributed by atoms with van der Waals surface area (Å²) in [5.74, 6) is 0. The van der Waals surface area contributed by atoms with E-state index in [0.29, 0.717) is 0 Å². The summed E-state index contributed by atoms with van der Waals surface area (Å²) in [4.78, 5) is 20.4. The van der Waals surface area contributed by atoms with Gasteiger partial charge in [-0.25, -0.2) is 20.0 Å². The molecule has 6 heteroatoms. The van der Waals surface area contributed by atoms with E-state index >= 15 is 0 Å². The van der Waals surface area contributed by atoms with Gasteiger partial charge in [-0.3, -0.25) is 0 Å². The van der Waals surface area contributed by atoms with Gasteiger partial charge in [0.1, 0.15) is 22.4 Å². The number of rotatable bonds is 0. The molecule has 7 rings (SSSR count). The third-order valence-electron chi connectivity index (χ3n) is 7.34. The molecule has 0 saturated carbocycles. The molecule has 2 N–H and O–H groups in total. The van der Waals surface area contributed by atoms with Crippen LogP contribution < -0.4 is 31.8 Å². The van der Waals surface area contributed by atoms with Gasteiger partial charge in [0.05, 0.1) is 44.5 Å². The van der Waals surface area contributed by atoms with Crippen molar-refractivity contribution in [1.29, 1.82) is 0 Å². The second kappa shape index (κ2) is 8.35. The molecule has 4 aromatic carbocycles. The largest absolute Gasteiger partial charge is 0.350 e. The Kier molecular flexibility index (Phi) is 5.17. The van der Waals surface area contributed by atoms with Gasteiger partial charge in [-0.2, -0.15) is 0 Å². The lowest BCUT2D eigenvalue weighted by Crippen LogP contribution is -2.22. The summed E-state index contributed by atoms with van der Waals surface area (Å²) >= 11 is 0. The quantitative estimate of drug-likeness (QED) is 0.210. The first kappa shape index (κ1) is 23.6. The minimum Gasteiger partial charge on any atom is -0.350 e. The van der Waals surface area contributed by atoms with Gasteiger partial charge in [0.2, 0.25) is 0 Å². The molecule has 0 aliphatic carbocycles. The van der Waals surface area contributed by atoms with Crippen LogP contribution in [0, 0.1) is 27.7 Å². The first-order valence-corrected chi connectivity index (χ1v) is 12.5. The Morgan fingerprint density at radius 2 is 1.03 bits per heavy atom. The molecule has 0 atom stereocenters. The van der Waals surface area contributed by atoms with Gasteiger partial charge in [0.25, 0.3) is 0 Å². The molecule has 38 heavy (non-hydrogen) atoms. The van der Waals surface area contributed by atoms with Gasteiger partial charge in [-0.15, -0.1) is 13.2 Å². The van der Waals surface area contributed by atoms with Crippen molar-refractivity contribution >= 4 is 69.3 Å². The Hall–Kier alpha value is -4.84. The number of hydrogen-bond acceptors (Lipinski definition) is 6. The molecule has 2 aliphatic heterocycles. The average Bonchev–Trinajstić information content (AvgIpc) is 2.90. The van der Waals surface area contributed by atoms with Crippen LogP contribution in [-0.2, 0) is 0 Å². The number of anilines is 4. The monoisotopic (exact) mass is 496 g/mol. The lowest BCUT2D eigenvalue weighted by atomic mass is 10.0. The van der Waals surface area contributed by atoms with Crippen molar-refractivity contribution in [2.45, 2.75) is 27.7 Å². The first-order valence-electron chi connectivity index (χ1n) is 12.5. The van der Waals surface area contributed by atoms with Crippen LogP contribution in [0.25, 0.3) is 35.2 Å². The fourth-order valence-corrected chi connectivity index (χ4v) is 4.95. The van der Waals surface area contributed by atoms with Crippen molar-refractivity contribution in [3.05, 3.63) is 93.0 Å². The van der Waals surface area contributed by atoms with Crippen LogP contribution in [0.2, 0.25) is 0 Å². The summed E-state index contributed by atoms with van der Waals surface area (Å²) in [6.45, 7) is 22.6. The van der Waals surface area contributed by atoms with E-state index in [1.807, 2.05) is 26.0 Å². The molecule has 1 aromatic heterocycles. The molecule has 0 radical (unpaired) electrons. The third-order valence-corrected chi connectivity index (χ3v) is 7.34. The highest BCUT2D eigenvalue weighted by molar-refractivity contribution is 6.13. The maximum atomic E-state index is 5.10. The van der Waals surface area contributed by atoms with E-state index in [0.717, 1.165) is 88.5 Å². The first-order chi connectivity index (χ1) is 18.3. The highest BCUT2D eigenvalue weighted by Gasteiger charge is 2.27. The lowest BCUT2D eigenvalue weighted by Gasteiger charge is -2.24. The smallest absolute Gasteiger partial charge is 0.120 e. The summed E-state index contributed by atoms with van der Waals surface area (Å²) in [7, 11) is 0. The summed E-state index contributed by atoms with van der Waals surface area (Å²) in [6, 6.07) is 12.4. The van der Waals surface area contributed by atoms with Crippen LogP contribution in [-0.4, -0.2) is 9.97 Å². The van der Waals surface area contributed by atoms with E-state index < -0.39 is 0 Å². The number of nitrogens with one attached hydrogen (secondary N) is 2. The molecule has 2 aliphatic rings. The van der Waals surface area contributed by atoms with Gasteiger partial charge in [-0.1, -0.05) is 13.2 Å². The van der Waals surface area contributed by atoms with Crippen LogP contribution in [0.4, 0.5) is 34.1 Å². The molecule has 5 aromatic rings. The Bertz CT molecular complexity index is 2090. The predicted molar refractivity (Wildman–Crippen MR) is 159 cm³/mol. The number of aromatic nitrogens is 2. The van der Waals surface area contributed by atoms with Crippen LogP contribution in [0.1, 0.15) is 22.3 Å². The van der Waals surface area contributed by atoms with E-state index in [4.69, 9.17) is 20.0 Å². The molecule has 186 valence electrons. The number of fused-ring (bicyclic) bond motifs is 9. The van der Waals surface area contributed by atoms with Gasteiger partial charge in [0, 0.05) is 0 Å². The van der Waals surface area contributed by atoms with Crippen molar-refractivity contribution in [2.75, 3.05) is 10.6 Å². The highest BCUT2D eigenvalue weighted by atomic mass is 15.1. The summed E-state index contributed by atoms with van der Waals surface area (Å²) in [5, 5.41) is 10.9. The molecule has 0 bridgehead atoms. The minimum absolute atomic E-state index is 0.738. The summed E-state index contributed by atoms with van der Waals surface area (Å²) in [5.41, 5.74) is 12.7. The molecule has 0 amide bonds. The number of benzene rings is 4. The molecular formula is C32H28N6. The fourth-order valence-electron chi connectivity index (χ4n) is 4.95. The zero-order valence-electron chi connectivity index (χ0n) is 22.1. The maximum Gasteiger partial charge on any atom is 0.120 e. The van der Waals surface area contributed by atoms with Crippen LogP contribution in [0.5, 0.6) is 0 Å². The van der Waals surface area contributed by atoms with Crippen molar-refractivity contribution in [2.24, 2.45) is 9.98 Å². The van der Waals surface area contributed by atoms with Crippen molar-refractivity contribution in [1.82, 2.24) is 9.97 Å². The van der Waals surface area contributed by atoms with E-state index in [-0.39, 0.29) is 0 Å². The topological polar surface area (TPSA) is 74.6 Å². The number of nitrogens with zero attached hydrogens (tertiary/aromatic N) is 4. The molecule has 0 unspecified atom stereocenters. The van der Waals surface area contributed by atoms with E-state index in [9.17, 15) is 0 Å². The van der Waals surface area contributed by atoms with Crippen molar-refractivity contribution in [3.8, 4) is 0 Å². The molecular weight excluding hydrogens is 468 g/mol. The molecule has 6 nitrogen and oxygen atoms in total. The summed E-state index contributed by atoms with van der Waals surface area (Å²) < 4.78 is 0. The average molecular weight is 497 g/mol. The second-order valence-corrected chi connectivity index (χ2v) is 9.86. The highest BCUT2D eigenvalue weighted by Crippen LogP contribution is 2.50. The lowest BCUT2D eigenvalue weighted by molar-refractivity contribution is 1.21. The van der Waals surface area contributed by atoms with Gasteiger partial charge in [0.15, 0.2) is 0 Å². The molecule has 3 heterocycles. The second-order valence-electron chi connectivity index (χ2n) is 9.86. The number of hydrogen-bond donors (Lipinski definition) is 2. The molecule has 0 spiro atoms. The van der Waals surface area contributed by atoms with Gasteiger partial charge >= 0.3 is 0 Å². The zero-order valence-corrected chi connectivity index (χ0v) is 22.1. The fraction of sp³-hybridized carbons (Fsp3) is 0.125. The summed E-state index contributed by atoms with van der Waals surface area (Å²) in [6.07, 6.45) is 0. The van der Waals surface area contributed by atoms with E-state index in [2.05, 4.69) is 75.1 Å². The van der Waals surface area contributed by atoms with E-state index in [1.54, 1.807) is 0 Å². The van der Waals surface area contributed by atoms with Crippen molar-refractivity contribution < 1.29 is 0 Å². The van der Waals surface area contributed by atoms with Gasteiger partial charge < -0.3 is 10.6 Å². The SMILES string of the molecule is C=C.C=c1cc2c(cc1C)=Nc1c(c3c(c4nc5cc(C)c(C)cc5nc14)Nc1cc(=C)c(C)cc1=N3)N2. The van der Waals surface area contributed by atoms with Crippen LogP contribution in [0.15, 0.2) is 59.5 Å². The van der Waals surface area contributed by atoms with Gasteiger partial charge in [-0.05, 0) is 96.8 Å². The normalized spacial score (nSPS) is 12.4. The standard InChI is InChI=1S/C30H24N6.C2H4/c1-13-7-19-20(8-14(13)2)32-26-25(31-19)27-29(35-22-10-16(4)15(3)9-21(22)33-27)30-28(26)34-23-11-17(5)18(6)12-24(23)36-30;1-2/h7-12,31,35H,1,4H2,2-3,5-6H3;1-2H2. The Morgan fingerprint density at radius 3 is 1.58 bits per heavy atom. The number of aryl methyl sites for hydroxylation is 4. The zero-order chi connectivity index (χ0) is 26.9. The Balaban J connectivity index is 0.00000129. The third kappa shape index (κ3) is 3.41. The van der Waals surface area contributed by atoms with Crippen LogP contribution in [0.3, 0.4) is 0 Å². The minimum atomic E-state index is 0.738. The Morgan fingerprint density at radius 1 is 0.553 bits per heavy atom. The molecule has 0 fully saturated rings. The van der Waals surface area contributed by atoms with E-state index in [1.165, 1.54) is 11.1 Å².